The van der Waals surface area contributed by atoms with Crippen LogP contribution in [0, 0.1) is 0 Å². The van der Waals surface area contributed by atoms with Crippen molar-refractivity contribution in [2.45, 2.75) is 89.6 Å². The molecule has 28 heavy (non-hydrogen) atoms. The first-order valence-corrected chi connectivity index (χ1v) is 19.8. The summed E-state index contributed by atoms with van der Waals surface area (Å²) in [6.07, 6.45) is 10.4. The quantitative estimate of drug-likeness (QED) is 0.213. The predicted octanol–water partition coefficient (Wildman–Crippen LogP) is 7.51. The molecule has 2 nitrogen and oxygen atoms in total. The summed E-state index contributed by atoms with van der Waals surface area (Å²) in [5.41, 5.74) is 1.39. The van der Waals surface area contributed by atoms with Crippen LogP contribution in [0.4, 0.5) is 0 Å². The van der Waals surface area contributed by atoms with E-state index >= 15 is 0 Å². The van der Waals surface area contributed by atoms with Crippen molar-refractivity contribution in [2.75, 3.05) is 13.1 Å². The fraction of sp³-hybridized carbons (Fsp3) is 0.708. The van der Waals surface area contributed by atoms with Gasteiger partial charge < -0.3 is 0 Å². The van der Waals surface area contributed by atoms with Crippen LogP contribution in [0.5, 0.6) is 0 Å². The molecule has 1 fully saturated rings. The van der Waals surface area contributed by atoms with Crippen molar-refractivity contribution in [3.63, 3.8) is 0 Å². The molecule has 0 aliphatic carbocycles. The van der Waals surface area contributed by atoms with E-state index in [1.165, 1.54) is 70.2 Å². The van der Waals surface area contributed by atoms with Gasteiger partial charge in [-0.25, -0.2) is 0 Å². The number of likely N-dealkylation sites (tertiary alicyclic amines) is 1. The van der Waals surface area contributed by atoms with Crippen LogP contribution >= 0.6 is 12.2 Å². The fourth-order valence-electron chi connectivity index (χ4n) is 4.60. The van der Waals surface area contributed by atoms with Gasteiger partial charge in [0.05, 0.1) is 0 Å². The van der Waals surface area contributed by atoms with Crippen LogP contribution in [0.25, 0.3) is 0 Å². The summed E-state index contributed by atoms with van der Waals surface area (Å²) in [5.74, 6) is 0. The van der Waals surface area contributed by atoms with Crippen LogP contribution in [0.1, 0.15) is 81.8 Å². The Labute approximate surface area is 183 Å². The van der Waals surface area contributed by atoms with E-state index in [1.54, 1.807) is 0 Å². The van der Waals surface area contributed by atoms with Gasteiger partial charge in [-0.1, -0.05) is 0 Å². The first-order chi connectivity index (χ1) is 13.7. The molecule has 1 saturated heterocycles. The number of hydrogen-bond acceptors (Lipinski definition) is 2. The summed E-state index contributed by atoms with van der Waals surface area (Å²) in [5, 5.41) is 0.775. The molecule has 1 aromatic carbocycles. The molecule has 0 amide bonds. The molecule has 0 bridgehead atoms. The Morgan fingerprint density at radius 2 is 1.43 bits per heavy atom. The van der Waals surface area contributed by atoms with Gasteiger partial charge in [0.2, 0.25) is 0 Å². The number of thiocarbonyl (C=S) groups is 1. The van der Waals surface area contributed by atoms with Gasteiger partial charge in [0.1, 0.15) is 0 Å². The summed E-state index contributed by atoms with van der Waals surface area (Å²) in [6, 6.07) is 11.1. The van der Waals surface area contributed by atoms with Crippen LogP contribution in [-0.4, -0.2) is 41.5 Å². The Kier molecular flexibility index (Phi) is 11.2. The summed E-state index contributed by atoms with van der Waals surface area (Å²) < 4.78 is 11.4. The molecule has 1 aromatic rings. The average molecular weight is 510 g/mol. The minimum absolute atomic E-state index is 0.272. The second-order valence-electron chi connectivity index (χ2n) is 8.54. The summed E-state index contributed by atoms with van der Waals surface area (Å²) >= 11 is 3.21. The number of benzene rings is 1. The molecule has 1 atom stereocenters. The molecule has 1 aliphatic rings. The zero-order chi connectivity index (χ0) is 20.2. The third-order valence-electron chi connectivity index (χ3n) is 6.33. The molecule has 2 rings (SSSR count). The first-order valence-electron chi connectivity index (χ1n) is 11.7. The van der Waals surface area contributed by atoms with E-state index in [2.05, 4.69) is 56.0 Å². The zero-order valence-electron chi connectivity index (χ0n) is 18.4. The van der Waals surface area contributed by atoms with E-state index in [1.807, 2.05) is 0 Å². The summed E-state index contributed by atoms with van der Waals surface area (Å²) in [6.45, 7) is 9.15. The Bertz CT molecular complexity index is 537. The Morgan fingerprint density at radius 1 is 0.929 bits per heavy atom. The van der Waals surface area contributed by atoms with Gasteiger partial charge in [-0.3, -0.25) is 0 Å². The minimum atomic E-state index is -2.63. The van der Waals surface area contributed by atoms with Crippen LogP contribution in [0.15, 0.2) is 30.3 Å². The van der Waals surface area contributed by atoms with E-state index < -0.39 is 18.4 Å². The maximum atomic E-state index is 6.83. The van der Waals surface area contributed by atoms with Gasteiger partial charge in [-0.05, 0) is 0 Å². The maximum absolute atomic E-state index is 6.83. The van der Waals surface area contributed by atoms with Crippen molar-refractivity contribution in [3.8, 4) is 0 Å². The molecule has 158 valence electrons. The number of rotatable bonds is 12. The molecular formula is C24H41NOSSn. The summed E-state index contributed by atoms with van der Waals surface area (Å²) in [4.78, 5) is 2.31. The van der Waals surface area contributed by atoms with Crippen molar-refractivity contribution in [1.82, 2.24) is 4.90 Å². The third kappa shape index (κ3) is 6.90. The molecule has 1 unspecified atom stereocenters. The molecule has 4 heteroatoms. The average Bonchev–Trinajstić information content (AvgIpc) is 3.27. The first kappa shape index (κ1) is 24.0. The van der Waals surface area contributed by atoms with Gasteiger partial charge in [0.15, 0.2) is 0 Å². The number of hydrogen-bond donors (Lipinski definition) is 0. The van der Waals surface area contributed by atoms with E-state index in [4.69, 9.17) is 17.0 Å². The van der Waals surface area contributed by atoms with Crippen molar-refractivity contribution < 1.29 is 4.74 Å². The molecular weight excluding hydrogens is 469 g/mol. The normalized spacial score (nSPS) is 15.6. The van der Waals surface area contributed by atoms with Crippen LogP contribution < -0.4 is 0 Å². The van der Waals surface area contributed by atoms with Gasteiger partial charge in [-0.15, -0.1) is 0 Å². The second-order valence-corrected chi connectivity index (χ2v) is 22.4. The molecule has 0 N–H and O–H groups in total. The van der Waals surface area contributed by atoms with E-state index in [-0.39, 0.29) is 4.12 Å². The number of ether oxygens (including phenoxy) is 1. The molecule has 0 radical (unpaired) electrons. The van der Waals surface area contributed by atoms with Gasteiger partial charge >= 0.3 is 184 Å². The Hall–Kier alpha value is -0.291. The van der Waals surface area contributed by atoms with E-state index in [0.717, 1.165) is 18.3 Å². The molecule has 0 aromatic heterocycles. The van der Waals surface area contributed by atoms with Crippen LogP contribution in [0.2, 0.25) is 13.3 Å². The summed E-state index contributed by atoms with van der Waals surface area (Å²) in [7, 11) is 0. The molecule has 1 heterocycles. The molecule has 0 saturated carbocycles. The van der Waals surface area contributed by atoms with Crippen molar-refractivity contribution in [2.24, 2.45) is 0 Å². The van der Waals surface area contributed by atoms with Gasteiger partial charge in [0.25, 0.3) is 0 Å². The Balaban J connectivity index is 2.37. The zero-order valence-corrected chi connectivity index (χ0v) is 22.1. The van der Waals surface area contributed by atoms with Crippen molar-refractivity contribution in [3.05, 3.63) is 35.9 Å². The SMILES string of the molecule is CCC[CH2][Sn]([CH2]CCC)([CH2]CCC)[CH](OC(=S)N1CCCC1)c1ccccc1. The number of nitrogens with zero attached hydrogens (tertiary/aromatic N) is 1. The Morgan fingerprint density at radius 3 is 1.89 bits per heavy atom. The van der Waals surface area contributed by atoms with E-state index in [9.17, 15) is 0 Å². The monoisotopic (exact) mass is 511 g/mol. The standard InChI is InChI=1S/C12H14NOS.3C4H9.Sn/c15-12(13-8-4-5-9-13)14-10-11-6-2-1-3-7-11;3*1-3-4-2;/h1-3,6-7,10H,4-5,8-9H2;3*1,3-4H2,2H3;. The van der Waals surface area contributed by atoms with Crippen molar-refractivity contribution in [1.29, 1.82) is 0 Å². The second kappa shape index (κ2) is 13.1. The number of unbranched alkanes of at least 4 members (excludes halogenated alkanes) is 3. The third-order valence-corrected chi connectivity index (χ3v) is 22.7. The van der Waals surface area contributed by atoms with Crippen LogP contribution in [-0.2, 0) is 4.74 Å². The topological polar surface area (TPSA) is 12.5 Å². The van der Waals surface area contributed by atoms with Crippen molar-refractivity contribution >= 4 is 35.8 Å². The predicted molar refractivity (Wildman–Crippen MR) is 129 cm³/mol. The van der Waals surface area contributed by atoms with Crippen LogP contribution in [0.3, 0.4) is 0 Å². The fourth-order valence-corrected chi connectivity index (χ4v) is 22.2. The van der Waals surface area contributed by atoms with Gasteiger partial charge in [-0.2, -0.15) is 0 Å². The molecule has 0 spiro atoms. The van der Waals surface area contributed by atoms with E-state index in [0.29, 0.717) is 0 Å². The molecule has 1 aliphatic heterocycles. The van der Waals surface area contributed by atoms with Gasteiger partial charge in [0, 0.05) is 0 Å².